The summed E-state index contributed by atoms with van der Waals surface area (Å²) in [7, 11) is 0. The molecule has 0 saturated carbocycles. The molecule has 6 nitrogen and oxygen atoms in total. The molecule has 0 radical (unpaired) electrons. The van der Waals surface area contributed by atoms with Crippen molar-refractivity contribution in [3.8, 4) is 16.9 Å². The lowest BCUT2D eigenvalue weighted by atomic mass is 10.0. The van der Waals surface area contributed by atoms with E-state index in [9.17, 15) is 14.7 Å². The number of rotatable bonds is 8. The molecule has 1 N–H and O–H groups in total. The number of phenolic OH excluding ortho intramolecular Hbond substituents is 1. The summed E-state index contributed by atoms with van der Waals surface area (Å²) >= 11 is 1.47. The molecule has 37 heavy (non-hydrogen) atoms. The molecule has 3 aromatic heterocycles. The minimum absolute atomic E-state index is 0.0268. The smallest absolute Gasteiger partial charge is 0.340 e. The fourth-order valence-electron chi connectivity index (χ4n) is 4.61. The van der Waals surface area contributed by atoms with Gasteiger partial charge in [-0.15, -0.1) is 11.3 Å². The zero-order chi connectivity index (χ0) is 25.9. The topological polar surface area (TPSA) is 71.2 Å². The zero-order valence-electron chi connectivity index (χ0n) is 20.8. The van der Waals surface area contributed by atoms with Crippen molar-refractivity contribution >= 4 is 32.9 Å². The van der Waals surface area contributed by atoms with Crippen molar-refractivity contribution in [3.05, 3.63) is 105 Å². The molecular formula is C30H28N2O4S. The molecular weight excluding hydrogens is 484 g/mol. The summed E-state index contributed by atoms with van der Waals surface area (Å²) in [5, 5.41) is 13.3. The van der Waals surface area contributed by atoms with Crippen LogP contribution in [-0.2, 0) is 17.9 Å². The summed E-state index contributed by atoms with van der Waals surface area (Å²) in [4.78, 5) is 29.3. The number of carbonyl (C=O) groups excluding carboxylic acids is 1. The summed E-state index contributed by atoms with van der Waals surface area (Å²) in [6.45, 7) is 7.15. The first kappa shape index (κ1) is 24.7. The molecule has 0 amide bonds. The lowest BCUT2D eigenvalue weighted by molar-refractivity contribution is 0.0474. The van der Waals surface area contributed by atoms with Crippen LogP contribution in [0.5, 0.6) is 5.75 Å². The lowest BCUT2D eigenvalue weighted by Gasteiger charge is -2.18. The Morgan fingerprint density at radius 3 is 2.54 bits per heavy atom. The van der Waals surface area contributed by atoms with Gasteiger partial charge in [0.2, 0.25) is 0 Å². The van der Waals surface area contributed by atoms with E-state index in [0.29, 0.717) is 11.1 Å². The molecule has 7 heteroatoms. The van der Waals surface area contributed by atoms with Gasteiger partial charge in [-0.2, -0.15) is 0 Å². The normalized spacial score (nSPS) is 11.4. The number of esters is 1. The Balaban J connectivity index is 1.54. The van der Waals surface area contributed by atoms with Crippen LogP contribution in [0.4, 0.5) is 0 Å². The Morgan fingerprint density at radius 1 is 0.973 bits per heavy atom. The second kappa shape index (κ2) is 10.6. The van der Waals surface area contributed by atoms with E-state index in [-0.39, 0.29) is 29.0 Å². The Bertz CT molecular complexity index is 1650. The molecule has 0 atom stereocenters. The van der Waals surface area contributed by atoms with E-state index in [1.165, 1.54) is 21.8 Å². The maximum atomic E-state index is 13.5. The molecule has 2 aromatic carbocycles. The monoisotopic (exact) mass is 512 g/mol. The van der Waals surface area contributed by atoms with E-state index >= 15 is 0 Å². The van der Waals surface area contributed by atoms with Crippen molar-refractivity contribution in [2.75, 3.05) is 13.1 Å². The van der Waals surface area contributed by atoms with Crippen molar-refractivity contribution in [1.82, 2.24) is 9.30 Å². The van der Waals surface area contributed by atoms with Gasteiger partial charge in [0.15, 0.2) is 0 Å². The highest BCUT2D eigenvalue weighted by Crippen LogP contribution is 2.32. The van der Waals surface area contributed by atoms with E-state index in [1.54, 1.807) is 30.5 Å². The van der Waals surface area contributed by atoms with Crippen LogP contribution in [0, 0.1) is 0 Å². The van der Waals surface area contributed by atoms with Crippen LogP contribution in [0.25, 0.3) is 26.7 Å². The number of benzene rings is 2. The van der Waals surface area contributed by atoms with Gasteiger partial charge in [-0.3, -0.25) is 14.1 Å². The average molecular weight is 513 g/mol. The Hall–Kier alpha value is -3.94. The molecule has 0 fully saturated rings. The first-order valence-electron chi connectivity index (χ1n) is 12.3. The highest BCUT2D eigenvalue weighted by Gasteiger charge is 2.21. The second-order valence-corrected chi connectivity index (χ2v) is 9.81. The largest absolute Gasteiger partial charge is 0.507 e. The summed E-state index contributed by atoms with van der Waals surface area (Å²) in [5.41, 5.74) is 3.15. The highest BCUT2D eigenvalue weighted by atomic mass is 32.1. The molecule has 5 rings (SSSR count). The number of nitrogens with zero attached hydrogens (tertiary/aromatic N) is 2. The van der Waals surface area contributed by atoms with Crippen LogP contribution >= 0.6 is 11.3 Å². The quantitative estimate of drug-likeness (QED) is 0.255. The fourth-order valence-corrected chi connectivity index (χ4v) is 5.55. The first-order chi connectivity index (χ1) is 18.0. The highest BCUT2D eigenvalue weighted by molar-refractivity contribution is 7.18. The van der Waals surface area contributed by atoms with Crippen molar-refractivity contribution in [1.29, 1.82) is 0 Å². The van der Waals surface area contributed by atoms with Gasteiger partial charge >= 0.3 is 5.97 Å². The van der Waals surface area contributed by atoms with Gasteiger partial charge in [-0.1, -0.05) is 56.3 Å². The number of aromatic hydroxyl groups is 1. The van der Waals surface area contributed by atoms with Crippen molar-refractivity contribution in [2.45, 2.75) is 27.0 Å². The molecule has 0 aliphatic heterocycles. The Morgan fingerprint density at radius 2 is 1.76 bits per heavy atom. The predicted octanol–water partition coefficient (Wildman–Crippen LogP) is 6.09. The van der Waals surface area contributed by atoms with Gasteiger partial charge in [0.1, 0.15) is 12.4 Å². The third-order valence-electron chi connectivity index (χ3n) is 6.62. The molecule has 188 valence electrons. The number of fused-ring (bicyclic) bond motifs is 3. The van der Waals surface area contributed by atoms with Gasteiger partial charge in [0.25, 0.3) is 5.56 Å². The molecule has 0 aliphatic carbocycles. The first-order valence-corrected chi connectivity index (χ1v) is 13.2. The van der Waals surface area contributed by atoms with Crippen LogP contribution in [-0.4, -0.2) is 33.5 Å². The number of carbonyl (C=O) groups is 1. The SMILES string of the molecule is CCN(CC)Cc1cccc(COC(=O)c2cc(-c3ccccc3O)c(=O)n3ccc4ccsc4c23)c1. The third-order valence-corrected chi connectivity index (χ3v) is 7.56. The molecule has 0 aliphatic rings. The standard InChI is InChI=1S/C30H28N2O4S/c1-3-31(4-2)18-20-8-7-9-21(16-20)19-36-30(35)25-17-24(23-10-5-6-11-26(23)33)29(34)32-14-12-22-13-15-37-28(22)27(25)32/h5-17,33H,3-4,18-19H2,1-2H3. The number of pyridine rings is 2. The van der Waals surface area contributed by atoms with Crippen LogP contribution in [0.15, 0.2) is 83.1 Å². The third kappa shape index (κ3) is 4.88. The number of para-hydroxylation sites is 1. The van der Waals surface area contributed by atoms with E-state index in [0.717, 1.165) is 40.8 Å². The maximum Gasteiger partial charge on any atom is 0.340 e. The molecule has 5 aromatic rings. The number of hydrogen-bond acceptors (Lipinski definition) is 6. The second-order valence-electron chi connectivity index (χ2n) is 8.89. The number of hydrogen-bond donors (Lipinski definition) is 1. The predicted molar refractivity (Wildman–Crippen MR) is 148 cm³/mol. The van der Waals surface area contributed by atoms with E-state index in [2.05, 4.69) is 30.9 Å². The van der Waals surface area contributed by atoms with Gasteiger partial charge in [0.05, 0.1) is 21.3 Å². The van der Waals surface area contributed by atoms with Gasteiger partial charge in [-0.05, 0) is 59.2 Å². The molecule has 0 unspecified atom stereocenters. The number of aromatic nitrogens is 1. The number of phenols is 1. The zero-order valence-corrected chi connectivity index (χ0v) is 21.6. The van der Waals surface area contributed by atoms with Crippen LogP contribution in [0.1, 0.15) is 35.3 Å². The van der Waals surface area contributed by atoms with Crippen LogP contribution < -0.4 is 5.56 Å². The van der Waals surface area contributed by atoms with E-state index < -0.39 is 5.97 Å². The lowest BCUT2D eigenvalue weighted by Crippen LogP contribution is -2.22. The summed E-state index contributed by atoms with van der Waals surface area (Å²) in [6, 6.07) is 20.0. The Labute approximate surface area is 219 Å². The van der Waals surface area contributed by atoms with Gasteiger partial charge in [-0.25, -0.2) is 4.79 Å². The van der Waals surface area contributed by atoms with E-state index in [1.807, 2.05) is 29.6 Å². The maximum absolute atomic E-state index is 13.5. The van der Waals surface area contributed by atoms with Crippen LogP contribution in [0.2, 0.25) is 0 Å². The summed E-state index contributed by atoms with van der Waals surface area (Å²) in [6.07, 6.45) is 1.67. The molecule has 0 spiro atoms. The molecule has 0 bridgehead atoms. The number of ether oxygens (including phenoxy) is 1. The van der Waals surface area contributed by atoms with Gasteiger partial charge < -0.3 is 9.84 Å². The number of thiophene rings is 1. The average Bonchev–Trinajstić information content (AvgIpc) is 3.41. The minimum atomic E-state index is -0.524. The van der Waals surface area contributed by atoms with Crippen molar-refractivity contribution < 1.29 is 14.6 Å². The summed E-state index contributed by atoms with van der Waals surface area (Å²) < 4.78 is 8.10. The molecule has 3 heterocycles. The van der Waals surface area contributed by atoms with E-state index in [4.69, 9.17) is 4.74 Å². The van der Waals surface area contributed by atoms with Gasteiger partial charge in [0, 0.05) is 18.3 Å². The fraction of sp³-hybridized carbons (Fsp3) is 0.200. The van der Waals surface area contributed by atoms with Crippen molar-refractivity contribution in [2.24, 2.45) is 0 Å². The summed E-state index contributed by atoms with van der Waals surface area (Å²) in [5.74, 6) is -0.551. The molecule has 0 saturated heterocycles. The minimum Gasteiger partial charge on any atom is -0.507 e. The van der Waals surface area contributed by atoms with Crippen molar-refractivity contribution in [3.63, 3.8) is 0 Å². The Kier molecular flexibility index (Phi) is 7.08. The van der Waals surface area contributed by atoms with Crippen LogP contribution in [0.3, 0.4) is 0 Å².